The van der Waals surface area contributed by atoms with Crippen LogP contribution in [0.5, 0.6) is 0 Å². The first kappa shape index (κ1) is 23.5. The first-order valence-electron chi connectivity index (χ1n) is 11.7. The van der Waals surface area contributed by atoms with Crippen molar-refractivity contribution in [3.8, 4) is 0 Å². The van der Waals surface area contributed by atoms with E-state index in [1.54, 1.807) is 36.5 Å². The fraction of sp³-hybridized carbons (Fsp3) is 0.308. The monoisotopic (exact) mass is 491 g/mol. The van der Waals surface area contributed by atoms with Crippen molar-refractivity contribution >= 4 is 39.1 Å². The zero-order chi connectivity index (χ0) is 24.3. The molecule has 8 nitrogen and oxygen atoms in total. The summed E-state index contributed by atoms with van der Waals surface area (Å²) in [5.41, 5.74) is 5.49. The third-order valence-corrected chi connectivity index (χ3v) is 7.87. The predicted octanol–water partition coefficient (Wildman–Crippen LogP) is 4.03. The lowest BCUT2D eigenvalue weighted by Gasteiger charge is -2.26. The molecule has 35 heavy (non-hydrogen) atoms. The predicted molar refractivity (Wildman–Crippen MR) is 138 cm³/mol. The molecule has 3 aromatic rings. The first-order chi connectivity index (χ1) is 16.9. The highest BCUT2D eigenvalue weighted by Crippen LogP contribution is 2.28. The molecule has 2 aliphatic rings. The van der Waals surface area contributed by atoms with E-state index in [0.29, 0.717) is 37.2 Å². The molecule has 0 radical (unpaired) electrons. The van der Waals surface area contributed by atoms with E-state index in [2.05, 4.69) is 50.6 Å². The maximum absolute atomic E-state index is 12.9. The van der Waals surface area contributed by atoms with Crippen LogP contribution in [-0.4, -0.2) is 61.9 Å². The van der Waals surface area contributed by atoms with Crippen molar-refractivity contribution in [3.63, 3.8) is 0 Å². The second-order valence-electron chi connectivity index (χ2n) is 8.90. The molecule has 2 heterocycles. The van der Waals surface area contributed by atoms with Crippen LogP contribution >= 0.6 is 0 Å². The minimum atomic E-state index is -3.41. The third kappa shape index (κ3) is 5.87. The van der Waals surface area contributed by atoms with E-state index in [9.17, 15) is 8.42 Å². The molecule has 2 N–H and O–H groups in total. The van der Waals surface area contributed by atoms with Crippen LogP contribution in [0.25, 0.3) is 6.08 Å². The largest absolute Gasteiger partial charge is 0.379 e. The lowest BCUT2D eigenvalue weighted by atomic mass is 10.1. The maximum Gasteiger partial charge on any atom is 0.229 e. The lowest BCUT2D eigenvalue weighted by molar-refractivity contribution is 0.0408. The van der Waals surface area contributed by atoms with Crippen molar-refractivity contribution in [2.45, 2.75) is 18.2 Å². The summed E-state index contributed by atoms with van der Waals surface area (Å²) in [4.78, 5) is 11.2. The van der Waals surface area contributed by atoms with Crippen LogP contribution in [0, 0.1) is 0 Å². The molecular formula is C26H29N5O3S. The van der Waals surface area contributed by atoms with E-state index in [4.69, 9.17) is 4.74 Å². The molecule has 0 spiro atoms. The fourth-order valence-electron chi connectivity index (χ4n) is 4.31. The van der Waals surface area contributed by atoms with Gasteiger partial charge in [-0.1, -0.05) is 23.8 Å². The van der Waals surface area contributed by atoms with Crippen molar-refractivity contribution in [2.24, 2.45) is 0 Å². The molecule has 1 aromatic heterocycles. The second-order valence-corrected chi connectivity index (χ2v) is 11.0. The third-order valence-electron chi connectivity index (χ3n) is 6.17. The van der Waals surface area contributed by atoms with Crippen LogP contribution in [-0.2, 0) is 21.0 Å². The van der Waals surface area contributed by atoms with Gasteiger partial charge in [0.2, 0.25) is 5.95 Å². The van der Waals surface area contributed by atoms with Gasteiger partial charge in [-0.15, -0.1) is 0 Å². The summed E-state index contributed by atoms with van der Waals surface area (Å²) >= 11 is 0. The molecule has 2 aromatic carbocycles. The quantitative estimate of drug-likeness (QED) is 0.488. The Hall–Kier alpha value is -3.27. The molecule has 9 heteroatoms. The van der Waals surface area contributed by atoms with E-state index in [-0.39, 0.29) is 10.6 Å². The molecule has 0 amide bonds. The second kappa shape index (κ2) is 10.2. The zero-order valence-corrected chi connectivity index (χ0v) is 20.5. The summed E-state index contributed by atoms with van der Waals surface area (Å²) in [6.45, 7) is 5.46. The number of aromatic nitrogens is 2. The van der Waals surface area contributed by atoms with Gasteiger partial charge in [0, 0.05) is 37.2 Å². The minimum absolute atomic E-state index is 0.0713. The van der Waals surface area contributed by atoms with E-state index in [1.807, 2.05) is 6.07 Å². The Labute approximate surface area is 206 Å². The summed E-state index contributed by atoms with van der Waals surface area (Å²) in [6.07, 6.45) is 4.87. The Balaban J connectivity index is 1.25. The Morgan fingerprint density at radius 2 is 1.86 bits per heavy atom. The molecule has 0 saturated carbocycles. The number of nitrogens with one attached hydrogen (secondary N) is 2. The number of rotatable bonds is 8. The van der Waals surface area contributed by atoms with E-state index < -0.39 is 9.84 Å². The minimum Gasteiger partial charge on any atom is -0.379 e. The zero-order valence-electron chi connectivity index (χ0n) is 19.7. The number of hydrogen-bond donors (Lipinski definition) is 2. The number of hydrogen-bond acceptors (Lipinski definition) is 8. The van der Waals surface area contributed by atoms with Gasteiger partial charge in [-0.05, 0) is 60.9 Å². The topological polar surface area (TPSA) is 96.5 Å². The number of benzene rings is 2. The van der Waals surface area contributed by atoms with Gasteiger partial charge in [-0.25, -0.2) is 13.4 Å². The molecule has 1 aliphatic carbocycles. The van der Waals surface area contributed by atoms with Crippen molar-refractivity contribution in [3.05, 3.63) is 71.4 Å². The number of morpholine rings is 1. The average molecular weight is 492 g/mol. The Bertz CT molecular complexity index is 1350. The number of ether oxygens (including phenoxy) is 1. The van der Waals surface area contributed by atoms with Gasteiger partial charge < -0.3 is 15.4 Å². The van der Waals surface area contributed by atoms with Crippen LogP contribution in [0.1, 0.15) is 18.1 Å². The molecule has 1 saturated heterocycles. The normalized spacial score (nSPS) is 16.0. The fourth-order valence-corrected chi connectivity index (χ4v) is 5.64. The Kier molecular flexibility index (Phi) is 6.81. The van der Waals surface area contributed by atoms with Crippen molar-refractivity contribution < 1.29 is 13.2 Å². The summed E-state index contributed by atoms with van der Waals surface area (Å²) in [5.74, 6) is 1.10. The number of sulfone groups is 1. The SMILES string of the molecule is CC1=Cc2cc(Nc3ccnc(Nc4cccc(S(=O)(=O)CCN5CCOCC5)c4)n3)ccc2C1. The average Bonchev–Trinajstić information content (AvgIpc) is 3.23. The van der Waals surface area contributed by atoms with Crippen molar-refractivity contribution in [1.82, 2.24) is 14.9 Å². The molecule has 5 rings (SSSR count). The van der Waals surface area contributed by atoms with Gasteiger partial charge in [0.1, 0.15) is 5.82 Å². The highest BCUT2D eigenvalue weighted by Gasteiger charge is 2.19. The number of anilines is 4. The van der Waals surface area contributed by atoms with Gasteiger partial charge >= 0.3 is 0 Å². The van der Waals surface area contributed by atoms with Gasteiger partial charge in [0.25, 0.3) is 0 Å². The molecule has 0 bridgehead atoms. The van der Waals surface area contributed by atoms with E-state index >= 15 is 0 Å². The van der Waals surface area contributed by atoms with Crippen molar-refractivity contribution in [1.29, 1.82) is 0 Å². The van der Waals surface area contributed by atoms with Gasteiger partial charge in [0.15, 0.2) is 9.84 Å². The standard InChI is InChI=1S/C26H29N5O3S/c1-19-15-20-5-6-23(17-21(20)16-19)28-25-7-8-27-26(30-25)29-22-3-2-4-24(18-22)35(32,33)14-11-31-9-12-34-13-10-31/h2-8,16-18H,9-15H2,1H3,(H2,27,28,29,30). The van der Waals surface area contributed by atoms with Crippen LogP contribution < -0.4 is 10.6 Å². The lowest BCUT2D eigenvalue weighted by Crippen LogP contribution is -2.39. The maximum atomic E-state index is 12.9. The van der Waals surface area contributed by atoms with Gasteiger partial charge in [-0.3, -0.25) is 4.90 Å². The molecule has 1 fully saturated rings. The van der Waals surface area contributed by atoms with Crippen LogP contribution in [0.2, 0.25) is 0 Å². The number of fused-ring (bicyclic) bond motifs is 1. The van der Waals surface area contributed by atoms with Crippen molar-refractivity contribution in [2.75, 3.05) is 49.2 Å². The molecule has 0 atom stereocenters. The first-order valence-corrected chi connectivity index (χ1v) is 13.4. The summed E-state index contributed by atoms with van der Waals surface area (Å²) in [5, 5.41) is 6.46. The highest BCUT2D eigenvalue weighted by molar-refractivity contribution is 7.91. The molecule has 1 aliphatic heterocycles. The molecular weight excluding hydrogens is 462 g/mol. The van der Waals surface area contributed by atoms with Gasteiger partial charge in [-0.2, -0.15) is 4.98 Å². The number of allylic oxidation sites excluding steroid dienone is 1. The Morgan fingerprint density at radius 1 is 1.03 bits per heavy atom. The van der Waals surface area contributed by atoms with Crippen LogP contribution in [0.4, 0.5) is 23.1 Å². The van der Waals surface area contributed by atoms with E-state index in [0.717, 1.165) is 25.2 Å². The summed E-state index contributed by atoms with van der Waals surface area (Å²) in [6, 6.07) is 14.9. The van der Waals surface area contributed by atoms with Crippen LogP contribution in [0.3, 0.4) is 0 Å². The van der Waals surface area contributed by atoms with Gasteiger partial charge in [0.05, 0.1) is 23.9 Å². The highest BCUT2D eigenvalue weighted by atomic mass is 32.2. The smallest absolute Gasteiger partial charge is 0.229 e. The molecule has 182 valence electrons. The summed E-state index contributed by atoms with van der Waals surface area (Å²) in [7, 11) is -3.41. The number of nitrogens with zero attached hydrogens (tertiary/aromatic N) is 3. The van der Waals surface area contributed by atoms with E-state index in [1.165, 1.54) is 16.7 Å². The van der Waals surface area contributed by atoms with Crippen LogP contribution in [0.15, 0.2) is 65.2 Å². The summed E-state index contributed by atoms with van der Waals surface area (Å²) < 4.78 is 31.1. The molecule has 0 unspecified atom stereocenters. The Morgan fingerprint density at radius 3 is 2.71 bits per heavy atom.